The average molecular weight is 469 g/mol. The van der Waals surface area contributed by atoms with E-state index >= 15 is 0 Å². The highest BCUT2D eigenvalue weighted by Crippen LogP contribution is 2.48. The van der Waals surface area contributed by atoms with Crippen LogP contribution in [0.15, 0.2) is 65.1 Å². The van der Waals surface area contributed by atoms with Gasteiger partial charge in [-0.3, -0.25) is 9.59 Å². The largest absolute Gasteiger partial charge is 0.487 e. The normalized spacial score (nSPS) is 18.9. The van der Waals surface area contributed by atoms with E-state index in [1.807, 2.05) is 42.5 Å². The summed E-state index contributed by atoms with van der Waals surface area (Å²) >= 11 is 12.5. The van der Waals surface area contributed by atoms with Gasteiger partial charge in [-0.1, -0.05) is 41.4 Å². The van der Waals surface area contributed by atoms with Gasteiger partial charge in [0.05, 0.1) is 5.02 Å². The lowest BCUT2D eigenvalue weighted by molar-refractivity contribution is -0.117. The van der Waals surface area contributed by atoms with Crippen LogP contribution in [0.3, 0.4) is 0 Å². The number of allylic oxidation sites excluding steroid dienone is 4. The highest BCUT2D eigenvalue weighted by atomic mass is 35.5. The van der Waals surface area contributed by atoms with Crippen molar-refractivity contribution in [3.63, 3.8) is 0 Å². The van der Waals surface area contributed by atoms with Gasteiger partial charge in [0.15, 0.2) is 11.6 Å². The summed E-state index contributed by atoms with van der Waals surface area (Å²) in [7, 11) is 0. The predicted molar refractivity (Wildman–Crippen MR) is 123 cm³/mol. The smallest absolute Gasteiger partial charge is 0.163 e. The standard InChI is InChI=1S/C26H22Cl2O4/c27-17-10-7-15(8-11-17)14-31-21-12-9-16(13-18(21)28)24-25-19(29)3-1-5-22(25)32-23-6-2-4-20(30)26(23)24/h7-13,24H,1-6,14H2. The third-order valence-electron chi connectivity index (χ3n) is 6.24. The molecule has 0 radical (unpaired) electrons. The van der Waals surface area contributed by atoms with Crippen LogP contribution in [0.25, 0.3) is 0 Å². The molecule has 0 fully saturated rings. The highest BCUT2D eigenvalue weighted by Gasteiger charge is 2.41. The van der Waals surface area contributed by atoms with Gasteiger partial charge in [0.1, 0.15) is 23.9 Å². The summed E-state index contributed by atoms with van der Waals surface area (Å²) < 4.78 is 12.0. The molecule has 1 aliphatic heterocycles. The van der Waals surface area contributed by atoms with E-state index in [9.17, 15) is 9.59 Å². The monoisotopic (exact) mass is 468 g/mol. The minimum Gasteiger partial charge on any atom is -0.487 e. The van der Waals surface area contributed by atoms with Crippen molar-refractivity contribution in [2.75, 3.05) is 0 Å². The van der Waals surface area contributed by atoms with Gasteiger partial charge in [-0.25, -0.2) is 0 Å². The first-order chi connectivity index (χ1) is 15.5. The fraction of sp³-hybridized carbons (Fsp3) is 0.308. The van der Waals surface area contributed by atoms with Crippen LogP contribution >= 0.6 is 23.2 Å². The Kier molecular flexibility index (Phi) is 5.83. The van der Waals surface area contributed by atoms with Crippen molar-refractivity contribution in [3.8, 4) is 5.75 Å². The van der Waals surface area contributed by atoms with Crippen molar-refractivity contribution >= 4 is 34.8 Å². The second-order valence-corrected chi connectivity index (χ2v) is 9.21. The summed E-state index contributed by atoms with van der Waals surface area (Å²) in [5.74, 6) is 1.68. The number of hydrogen-bond acceptors (Lipinski definition) is 4. The second-order valence-electron chi connectivity index (χ2n) is 8.37. The summed E-state index contributed by atoms with van der Waals surface area (Å²) in [6.45, 7) is 0.356. The van der Waals surface area contributed by atoms with Crippen LogP contribution < -0.4 is 4.74 Å². The molecule has 0 aromatic heterocycles. The molecule has 0 saturated heterocycles. The van der Waals surface area contributed by atoms with Crippen molar-refractivity contribution < 1.29 is 19.1 Å². The summed E-state index contributed by atoms with van der Waals surface area (Å²) in [4.78, 5) is 25.8. The maximum Gasteiger partial charge on any atom is 0.163 e. The van der Waals surface area contributed by atoms with E-state index in [1.165, 1.54) is 0 Å². The Hall–Kier alpha value is -2.56. The zero-order valence-electron chi connectivity index (χ0n) is 17.5. The Balaban J connectivity index is 1.48. The molecular formula is C26H22Cl2O4. The number of halogens is 2. The Morgan fingerprint density at radius 3 is 2.06 bits per heavy atom. The van der Waals surface area contributed by atoms with Gasteiger partial charge >= 0.3 is 0 Å². The molecule has 32 heavy (non-hydrogen) atoms. The molecule has 0 amide bonds. The van der Waals surface area contributed by atoms with E-state index in [0.717, 1.165) is 48.3 Å². The van der Waals surface area contributed by atoms with Crippen LogP contribution in [0.5, 0.6) is 5.75 Å². The second kappa shape index (κ2) is 8.76. The summed E-state index contributed by atoms with van der Waals surface area (Å²) in [5.41, 5.74) is 3.04. The van der Waals surface area contributed by atoms with E-state index in [0.29, 0.717) is 46.4 Å². The number of carbonyl (C=O) groups excluding carboxylic acids is 2. The maximum absolute atomic E-state index is 12.9. The Morgan fingerprint density at radius 1 is 0.844 bits per heavy atom. The summed E-state index contributed by atoms with van der Waals surface area (Å²) in [6, 6.07) is 13.0. The van der Waals surface area contributed by atoms with Crippen molar-refractivity contribution in [1.82, 2.24) is 0 Å². The topological polar surface area (TPSA) is 52.6 Å². The third kappa shape index (κ3) is 3.98. The minimum atomic E-state index is -0.419. The number of hydrogen-bond donors (Lipinski definition) is 0. The number of carbonyl (C=O) groups is 2. The Labute approximate surface area is 196 Å². The summed E-state index contributed by atoms with van der Waals surface area (Å²) in [5, 5.41) is 1.11. The molecule has 6 heteroatoms. The van der Waals surface area contributed by atoms with E-state index in [4.69, 9.17) is 32.7 Å². The molecule has 0 N–H and O–H groups in total. The maximum atomic E-state index is 12.9. The number of benzene rings is 2. The molecule has 2 aromatic rings. The first kappa shape index (κ1) is 21.3. The number of Topliss-reactive ketones (excluding diaryl/α,β-unsaturated/α-hetero) is 2. The molecule has 4 nitrogen and oxygen atoms in total. The molecule has 0 unspecified atom stereocenters. The minimum absolute atomic E-state index is 0.0559. The molecule has 0 saturated carbocycles. The van der Waals surface area contributed by atoms with E-state index < -0.39 is 5.92 Å². The lowest BCUT2D eigenvalue weighted by Crippen LogP contribution is -2.30. The van der Waals surface area contributed by atoms with Crippen molar-refractivity contribution in [3.05, 3.63) is 86.3 Å². The fourth-order valence-electron chi connectivity index (χ4n) is 4.71. The van der Waals surface area contributed by atoms with Crippen LogP contribution in [0.2, 0.25) is 10.0 Å². The molecule has 5 rings (SSSR count). The zero-order chi connectivity index (χ0) is 22.2. The third-order valence-corrected chi connectivity index (χ3v) is 6.78. The van der Waals surface area contributed by atoms with Gasteiger partial charge in [-0.05, 0) is 48.2 Å². The molecule has 2 aromatic carbocycles. The molecule has 0 bridgehead atoms. The van der Waals surface area contributed by atoms with Crippen molar-refractivity contribution in [2.24, 2.45) is 0 Å². The van der Waals surface area contributed by atoms with E-state index in [-0.39, 0.29) is 11.6 Å². The Morgan fingerprint density at radius 2 is 1.47 bits per heavy atom. The zero-order valence-corrected chi connectivity index (χ0v) is 19.0. The van der Waals surface area contributed by atoms with Crippen LogP contribution in [-0.4, -0.2) is 11.6 Å². The quantitative estimate of drug-likeness (QED) is 0.500. The van der Waals surface area contributed by atoms with Crippen molar-refractivity contribution in [1.29, 1.82) is 0 Å². The van der Waals surface area contributed by atoms with Gasteiger partial charge in [0, 0.05) is 47.8 Å². The number of rotatable bonds is 4. The molecule has 164 valence electrons. The molecule has 3 aliphatic rings. The van der Waals surface area contributed by atoms with E-state index in [2.05, 4.69) is 0 Å². The molecule has 2 aliphatic carbocycles. The van der Waals surface area contributed by atoms with Gasteiger partial charge in [0.2, 0.25) is 0 Å². The van der Waals surface area contributed by atoms with Crippen LogP contribution in [-0.2, 0) is 20.9 Å². The van der Waals surface area contributed by atoms with Crippen LogP contribution in [0.1, 0.15) is 55.6 Å². The highest BCUT2D eigenvalue weighted by molar-refractivity contribution is 6.32. The van der Waals surface area contributed by atoms with Gasteiger partial charge in [-0.15, -0.1) is 0 Å². The summed E-state index contributed by atoms with van der Waals surface area (Å²) in [6.07, 6.45) is 3.95. The van der Waals surface area contributed by atoms with Crippen LogP contribution in [0.4, 0.5) is 0 Å². The van der Waals surface area contributed by atoms with Gasteiger partial charge in [-0.2, -0.15) is 0 Å². The van der Waals surface area contributed by atoms with Gasteiger partial charge < -0.3 is 9.47 Å². The lowest BCUT2D eigenvalue weighted by atomic mass is 9.73. The molecular weight excluding hydrogens is 447 g/mol. The number of ether oxygens (including phenoxy) is 2. The lowest BCUT2D eigenvalue weighted by Gasteiger charge is -2.36. The van der Waals surface area contributed by atoms with E-state index in [1.54, 1.807) is 0 Å². The first-order valence-electron chi connectivity index (χ1n) is 10.9. The average Bonchev–Trinajstić information content (AvgIpc) is 2.78. The fourth-order valence-corrected chi connectivity index (χ4v) is 5.08. The molecule has 1 heterocycles. The Bertz CT molecular complexity index is 1120. The van der Waals surface area contributed by atoms with Crippen molar-refractivity contribution in [2.45, 2.75) is 51.0 Å². The SMILES string of the molecule is O=C1CCCC2=C1C(c1ccc(OCc3ccc(Cl)cc3)c(Cl)c1)C1=C(CCCC1=O)O2. The van der Waals surface area contributed by atoms with Gasteiger partial charge in [0.25, 0.3) is 0 Å². The molecule has 0 spiro atoms. The first-order valence-corrected chi connectivity index (χ1v) is 11.6. The number of ketones is 2. The molecule has 0 atom stereocenters. The van der Waals surface area contributed by atoms with Crippen LogP contribution in [0, 0.1) is 0 Å². The predicted octanol–water partition coefficient (Wildman–Crippen LogP) is 6.70.